The number of aliphatic hydroxyl groups is 2. The SMILES string of the molecule is CC/C=C/C/C=C/C/C=C/C/C=C/C/C=C/C/C=C/CCC(=O)O[C@H](COC(=O)CCCCCCCCC)COP(=O)(O)OC[C@@H](O)CO. The summed E-state index contributed by atoms with van der Waals surface area (Å²) in [6.45, 7) is 2.08. The number of phosphoric acid groups is 1. The van der Waals surface area contributed by atoms with Crippen molar-refractivity contribution in [2.45, 2.75) is 129 Å². The minimum Gasteiger partial charge on any atom is -0.462 e. The number of esters is 2. The molecule has 0 aliphatic rings. The number of carbonyl (C=O) groups is 2. The van der Waals surface area contributed by atoms with Crippen LogP contribution < -0.4 is 0 Å². The third-order valence-electron chi connectivity index (χ3n) is 6.89. The predicted octanol–water partition coefficient (Wildman–Crippen LogP) is 8.55. The van der Waals surface area contributed by atoms with Crippen LogP contribution in [0.3, 0.4) is 0 Å². The number of rotatable bonds is 32. The maximum atomic E-state index is 12.5. The Balaban J connectivity index is 4.50. The summed E-state index contributed by atoms with van der Waals surface area (Å²) in [4.78, 5) is 34.6. The Kier molecular flexibility index (Phi) is 32.1. The van der Waals surface area contributed by atoms with Crippen LogP contribution in [0.2, 0.25) is 0 Å². The highest BCUT2D eigenvalue weighted by Crippen LogP contribution is 2.43. The number of unbranched alkanes of at least 4 members (excludes halogenated alkanes) is 6. The van der Waals surface area contributed by atoms with Crippen molar-refractivity contribution in [2.24, 2.45) is 0 Å². The van der Waals surface area contributed by atoms with Crippen LogP contribution in [-0.4, -0.2) is 65.7 Å². The minimum atomic E-state index is -4.63. The highest BCUT2D eigenvalue weighted by molar-refractivity contribution is 7.47. The van der Waals surface area contributed by atoms with Gasteiger partial charge in [-0.05, 0) is 51.4 Å². The Morgan fingerprint density at radius 1 is 0.633 bits per heavy atom. The van der Waals surface area contributed by atoms with Gasteiger partial charge in [0.05, 0.1) is 19.8 Å². The average Bonchev–Trinajstić information content (AvgIpc) is 3.09. The normalized spacial score (nSPS) is 15.0. The molecule has 0 aromatic carbocycles. The van der Waals surface area contributed by atoms with Gasteiger partial charge < -0.3 is 24.6 Å². The van der Waals surface area contributed by atoms with Gasteiger partial charge in [0.2, 0.25) is 0 Å². The van der Waals surface area contributed by atoms with E-state index in [9.17, 15) is 24.2 Å². The Bertz CT molecular complexity index is 1050. The van der Waals surface area contributed by atoms with Crippen LogP contribution in [0.25, 0.3) is 0 Å². The van der Waals surface area contributed by atoms with Crippen molar-refractivity contribution in [1.82, 2.24) is 0 Å². The monoisotopic (exact) mass is 710 g/mol. The summed E-state index contributed by atoms with van der Waals surface area (Å²) in [5, 5.41) is 18.2. The van der Waals surface area contributed by atoms with Crippen molar-refractivity contribution in [2.75, 3.05) is 26.4 Å². The summed E-state index contributed by atoms with van der Waals surface area (Å²) in [7, 11) is -4.63. The minimum absolute atomic E-state index is 0.0562. The van der Waals surface area contributed by atoms with Gasteiger partial charge >= 0.3 is 19.8 Å². The van der Waals surface area contributed by atoms with E-state index >= 15 is 0 Å². The smallest absolute Gasteiger partial charge is 0.462 e. The zero-order valence-corrected chi connectivity index (χ0v) is 30.8. The summed E-state index contributed by atoms with van der Waals surface area (Å²) in [6.07, 6.45) is 36.3. The van der Waals surface area contributed by atoms with E-state index in [2.05, 4.69) is 79.1 Å². The molecule has 11 heteroatoms. The van der Waals surface area contributed by atoms with Gasteiger partial charge in [-0.15, -0.1) is 0 Å². The molecule has 0 rings (SSSR count). The number of allylic oxidation sites excluding steroid dienone is 12. The second-order valence-corrected chi connectivity index (χ2v) is 13.0. The Hall–Kier alpha value is -2.59. The molecule has 0 aromatic heterocycles. The Morgan fingerprint density at radius 2 is 1.12 bits per heavy atom. The molecule has 0 saturated carbocycles. The number of hydrogen-bond acceptors (Lipinski definition) is 9. The number of hydrogen-bond donors (Lipinski definition) is 3. The molecular weight excluding hydrogens is 647 g/mol. The summed E-state index contributed by atoms with van der Waals surface area (Å²) in [6, 6.07) is 0. The van der Waals surface area contributed by atoms with E-state index < -0.39 is 51.8 Å². The van der Waals surface area contributed by atoms with E-state index in [-0.39, 0.29) is 19.4 Å². The molecular formula is C38H63O10P. The van der Waals surface area contributed by atoms with E-state index in [1.165, 1.54) is 19.3 Å². The average molecular weight is 711 g/mol. The standard InChI is InChI=1S/C38H63O10P/c1-3-5-7-9-11-12-13-14-15-16-17-18-19-20-21-22-24-26-28-30-38(42)48-36(34-47-49(43,44)46-32-35(40)31-39)33-45-37(41)29-27-25-23-10-8-6-4-2/h5,7,11-12,14-15,17-18,20-21,24,26,35-36,39-40H,3-4,6,8-10,13,16,19,22-23,25,27-34H2,1-2H3,(H,43,44)/b7-5+,12-11+,15-14+,18-17+,21-20+,26-24+/t35-,36+/m0/s1. The van der Waals surface area contributed by atoms with E-state index in [1.54, 1.807) is 0 Å². The molecule has 0 heterocycles. The van der Waals surface area contributed by atoms with Crippen LogP contribution in [0.15, 0.2) is 72.9 Å². The van der Waals surface area contributed by atoms with Gasteiger partial charge in [-0.2, -0.15) is 0 Å². The van der Waals surface area contributed by atoms with Crippen molar-refractivity contribution < 1.29 is 47.8 Å². The van der Waals surface area contributed by atoms with Crippen molar-refractivity contribution >= 4 is 19.8 Å². The summed E-state index contributed by atoms with van der Waals surface area (Å²) < 4.78 is 32.3. The zero-order valence-electron chi connectivity index (χ0n) is 29.9. The van der Waals surface area contributed by atoms with Crippen LogP contribution in [-0.2, 0) is 32.7 Å². The molecule has 0 bridgehead atoms. The molecule has 1 unspecified atom stereocenters. The van der Waals surface area contributed by atoms with Gasteiger partial charge in [0, 0.05) is 12.8 Å². The molecule has 0 aliphatic carbocycles. The Labute approximate surface area is 295 Å². The molecule has 10 nitrogen and oxygen atoms in total. The lowest BCUT2D eigenvalue weighted by atomic mass is 10.1. The van der Waals surface area contributed by atoms with Crippen LogP contribution in [0, 0.1) is 0 Å². The van der Waals surface area contributed by atoms with E-state index in [4.69, 9.17) is 19.1 Å². The second kappa shape index (κ2) is 33.9. The first kappa shape index (κ1) is 46.4. The molecule has 49 heavy (non-hydrogen) atoms. The van der Waals surface area contributed by atoms with Crippen molar-refractivity contribution in [3.63, 3.8) is 0 Å². The maximum absolute atomic E-state index is 12.5. The molecule has 0 spiro atoms. The number of ether oxygens (including phenoxy) is 2. The molecule has 0 aromatic rings. The summed E-state index contributed by atoms with van der Waals surface area (Å²) in [5.74, 6) is -1.04. The molecule has 3 atom stereocenters. The van der Waals surface area contributed by atoms with Gasteiger partial charge in [0.15, 0.2) is 6.10 Å². The quantitative estimate of drug-likeness (QED) is 0.0268. The van der Waals surface area contributed by atoms with E-state index in [0.29, 0.717) is 12.8 Å². The largest absolute Gasteiger partial charge is 0.472 e. The first-order valence-corrected chi connectivity index (χ1v) is 19.4. The van der Waals surface area contributed by atoms with Crippen LogP contribution in [0.1, 0.15) is 117 Å². The highest BCUT2D eigenvalue weighted by Gasteiger charge is 2.27. The molecule has 3 N–H and O–H groups in total. The molecule has 0 aliphatic heterocycles. The van der Waals surface area contributed by atoms with Gasteiger partial charge in [0.25, 0.3) is 0 Å². The van der Waals surface area contributed by atoms with Crippen molar-refractivity contribution in [1.29, 1.82) is 0 Å². The predicted molar refractivity (Wildman–Crippen MR) is 196 cm³/mol. The van der Waals surface area contributed by atoms with Crippen LogP contribution in [0.5, 0.6) is 0 Å². The third-order valence-corrected chi connectivity index (χ3v) is 7.84. The number of carbonyl (C=O) groups excluding carboxylic acids is 2. The maximum Gasteiger partial charge on any atom is 0.472 e. The fourth-order valence-corrected chi connectivity index (χ4v) is 4.92. The van der Waals surface area contributed by atoms with Crippen LogP contribution in [0.4, 0.5) is 0 Å². The summed E-state index contributed by atoms with van der Waals surface area (Å²) in [5.41, 5.74) is 0. The Morgan fingerprint density at radius 3 is 1.65 bits per heavy atom. The lowest BCUT2D eigenvalue weighted by molar-refractivity contribution is -0.161. The fraction of sp³-hybridized carbons (Fsp3) is 0.632. The van der Waals surface area contributed by atoms with Gasteiger partial charge in [-0.3, -0.25) is 18.6 Å². The lowest BCUT2D eigenvalue weighted by Gasteiger charge is -2.20. The van der Waals surface area contributed by atoms with Gasteiger partial charge in [0.1, 0.15) is 12.7 Å². The second-order valence-electron chi connectivity index (χ2n) is 11.5. The third kappa shape index (κ3) is 33.7. The molecule has 0 fully saturated rings. The molecule has 280 valence electrons. The topological polar surface area (TPSA) is 149 Å². The molecule has 0 amide bonds. The molecule has 0 saturated heterocycles. The number of phosphoric ester groups is 1. The fourth-order valence-electron chi connectivity index (χ4n) is 4.13. The first-order valence-electron chi connectivity index (χ1n) is 17.9. The lowest BCUT2D eigenvalue weighted by Crippen LogP contribution is -2.29. The highest BCUT2D eigenvalue weighted by atomic mass is 31.2. The number of aliphatic hydroxyl groups excluding tert-OH is 2. The first-order chi connectivity index (χ1) is 23.7. The van der Waals surface area contributed by atoms with Gasteiger partial charge in [-0.1, -0.05) is 125 Å². The molecule has 0 radical (unpaired) electrons. The van der Waals surface area contributed by atoms with Crippen LogP contribution >= 0.6 is 7.82 Å². The summed E-state index contributed by atoms with van der Waals surface area (Å²) >= 11 is 0. The zero-order chi connectivity index (χ0) is 36.3. The van der Waals surface area contributed by atoms with E-state index in [1.807, 2.05) is 12.2 Å². The van der Waals surface area contributed by atoms with Crippen molar-refractivity contribution in [3.05, 3.63) is 72.9 Å². The van der Waals surface area contributed by atoms with Crippen molar-refractivity contribution in [3.8, 4) is 0 Å². The van der Waals surface area contributed by atoms with Gasteiger partial charge in [-0.25, -0.2) is 4.57 Å². The van der Waals surface area contributed by atoms with E-state index in [0.717, 1.165) is 57.8 Å².